The number of phenolic OH excluding ortho intramolecular Hbond substituents is 1. The largest absolute Gasteiger partial charge is 0.507 e. The molecule has 1 amide bonds. The van der Waals surface area contributed by atoms with Gasteiger partial charge in [0.1, 0.15) is 17.3 Å². The van der Waals surface area contributed by atoms with Gasteiger partial charge >= 0.3 is 0 Å². The SMILES string of the molecule is CCOc1ccc(/C(O)=C2/C(=O)C(=O)N(c3cc(C)ccc3O)C2c2cccnc2)cc1C(C)(C)C. The van der Waals surface area contributed by atoms with Gasteiger partial charge in [0, 0.05) is 23.5 Å². The highest BCUT2D eigenvalue weighted by atomic mass is 16.5. The van der Waals surface area contributed by atoms with Gasteiger partial charge in [0.25, 0.3) is 11.7 Å². The Hall–Kier alpha value is -4.13. The third-order valence-corrected chi connectivity index (χ3v) is 6.20. The van der Waals surface area contributed by atoms with Crippen LogP contribution in [-0.4, -0.2) is 33.5 Å². The van der Waals surface area contributed by atoms with E-state index >= 15 is 0 Å². The highest BCUT2D eigenvalue weighted by Crippen LogP contribution is 2.45. The Balaban J connectivity index is 1.96. The van der Waals surface area contributed by atoms with Crippen LogP contribution in [0.3, 0.4) is 0 Å². The molecule has 0 aliphatic carbocycles. The molecule has 2 heterocycles. The molecule has 2 N–H and O–H groups in total. The summed E-state index contributed by atoms with van der Waals surface area (Å²) in [7, 11) is 0. The number of carbonyl (C=O) groups is 2. The lowest BCUT2D eigenvalue weighted by Crippen LogP contribution is -2.29. The number of nitrogens with zero attached hydrogens (tertiary/aromatic N) is 2. The van der Waals surface area contributed by atoms with E-state index < -0.39 is 17.7 Å². The number of aromatic nitrogens is 1. The van der Waals surface area contributed by atoms with Crippen LogP contribution in [0.15, 0.2) is 66.5 Å². The molecule has 186 valence electrons. The molecule has 0 saturated carbocycles. The summed E-state index contributed by atoms with van der Waals surface area (Å²) < 4.78 is 5.79. The van der Waals surface area contributed by atoms with Crippen molar-refractivity contribution in [3.8, 4) is 11.5 Å². The molecule has 1 saturated heterocycles. The van der Waals surface area contributed by atoms with E-state index in [4.69, 9.17) is 4.74 Å². The fourth-order valence-corrected chi connectivity index (χ4v) is 4.46. The first-order valence-electron chi connectivity index (χ1n) is 11.8. The summed E-state index contributed by atoms with van der Waals surface area (Å²) in [6.07, 6.45) is 3.13. The molecule has 1 fully saturated rings. The number of ketones is 1. The lowest BCUT2D eigenvalue weighted by Gasteiger charge is -2.26. The minimum Gasteiger partial charge on any atom is -0.507 e. The number of carbonyl (C=O) groups excluding carboxylic acids is 2. The number of benzene rings is 2. The molecule has 7 heteroatoms. The van der Waals surface area contributed by atoms with E-state index in [1.165, 1.54) is 11.0 Å². The Kier molecular flexibility index (Phi) is 6.59. The zero-order chi connectivity index (χ0) is 26.2. The molecule has 1 unspecified atom stereocenters. The van der Waals surface area contributed by atoms with Gasteiger partial charge in [0.2, 0.25) is 0 Å². The molecule has 36 heavy (non-hydrogen) atoms. The number of rotatable bonds is 5. The normalized spacial score (nSPS) is 17.5. The summed E-state index contributed by atoms with van der Waals surface area (Å²) in [5.41, 5.74) is 2.39. The highest BCUT2D eigenvalue weighted by Gasteiger charge is 2.48. The number of amides is 1. The van der Waals surface area contributed by atoms with Crippen molar-refractivity contribution in [3.05, 3.63) is 88.8 Å². The number of ether oxygens (including phenoxy) is 1. The molecule has 1 aliphatic rings. The quantitative estimate of drug-likeness (QED) is 0.284. The molecule has 0 radical (unpaired) electrons. The zero-order valence-corrected chi connectivity index (χ0v) is 21.1. The van der Waals surface area contributed by atoms with Crippen LogP contribution >= 0.6 is 0 Å². The van der Waals surface area contributed by atoms with Crippen LogP contribution in [0.4, 0.5) is 5.69 Å². The second-order valence-electron chi connectivity index (χ2n) is 9.84. The van der Waals surface area contributed by atoms with E-state index in [1.807, 2.05) is 34.6 Å². The van der Waals surface area contributed by atoms with Crippen molar-refractivity contribution in [1.29, 1.82) is 0 Å². The van der Waals surface area contributed by atoms with Crippen LogP contribution < -0.4 is 9.64 Å². The van der Waals surface area contributed by atoms with Gasteiger partial charge < -0.3 is 14.9 Å². The first kappa shape index (κ1) is 25.0. The fourth-order valence-electron chi connectivity index (χ4n) is 4.46. The lowest BCUT2D eigenvalue weighted by atomic mass is 9.84. The fraction of sp³-hybridized carbons (Fsp3) is 0.276. The van der Waals surface area contributed by atoms with Gasteiger partial charge in [0.05, 0.1) is 23.9 Å². The third-order valence-electron chi connectivity index (χ3n) is 6.20. The predicted octanol–water partition coefficient (Wildman–Crippen LogP) is 5.42. The van der Waals surface area contributed by atoms with Crippen LogP contribution in [-0.2, 0) is 15.0 Å². The molecule has 1 atom stereocenters. The summed E-state index contributed by atoms with van der Waals surface area (Å²) in [4.78, 5) is 32.1. The number of aryl methyl sites for hydroxylation is 1. The number of hydrogen-bond acceptors (Lipinski definition) is 6. The molecule has 0 bridgehead atoms. The summed E-state index contributed by atoms with van der Waals surface area (Å²) in [6, 6.07) is 12.5. The molecule has 7 nitrogen and oxygen atoms in total. The van der Waals surface area contributed by atoms with Crippen molar-refractivity contribution in [2.75, 3.05) is 11.5 Å². The maximum Gasteiger partial charge on any atom is 0.300 e. The van der Waals surface area contributed by atoms with Gasteiger partial charge in [-0.1, -0.05) is 32.9 Å². The van der Waals surface area contributed by atoms with Crippen LogP contribution in [0.2, 0.25) is 0 Å². The van der Waals surface area contributed by atoms with Crippen molar-refractivity contribution < 1.29 is 24.5 Å². The van der Waals surface area contributed by atoms with E-state index in [-0.39, 0.29) is 28.2 Å². The van der Waals surface area contributed by atoms with Crippen LogP contribution in [0.25, 0.3) is 5.76 Å². The number of aliphatic hydroxyl groups is 1. The van der Waals surface area contributed by atoms with Crippen molar-refractivity contribution >= 4 is 23.1 Å². The zero-order valence-electron chi connectivity index (χ0n) is 21.1. The average molecular weight is 487 g/mol. The molecular formula is C29H30N2O5. The minimum absolute atomic E-state index is 0.0714. The third kappa shape index (κ3) is 4.44. The van der Waals surface area contributed by atoms with E-state index in [9.17, 15) is 19.8 Å². The number of Topliss-reactive ketones (excluding diaryl/α,β-unsaturated/α-hetero) is 1. The summed E-state index contributed by atoms with van der Waals surface area (Å²) in [5.74, 6) is -1.44. The van der Waals surface area contributed by atoms with Crippen LogP contribution in [0, 0.1) is 6.92 Å². The van der Waals surface area contributed by atoms with Gasteiger partial charge in [-0.05, 0) is 66.8 Å². The van der Waals surface area contributed by atoms with E-state index in [0.29, 0.717) is 23.5 Å². The second-order valence-corrected chi connectivity index (χ2v) is 9.84. The Morgan fingerprint density at radius 2 is 1.86 bits per heavy atom. The topological polar surface area (TPSA) is 100.0 Å². The van der Waals surface area contributed by atoms with Crippen molar-refractivity contribution in [2.45, 2.75) is 46.1 Å². The Morgan fingerprint density at radius 1 is 1.11 bits per heavy atom. The molecule has 1 aromatic heterocycles. The predicted molar refractivity (Wildman–Crippen MR) is 138 cm³/mol. The van der Waals surface area contributed by atoms with Gasteiger partial charge in [0.15, 0.2) is 0 Å². The molecular weight excluding hydrogens is 456 g/mol. The number of phenols is 1. The van der Waals surface area contributed by atoms with Crippen molar-refractivity contribution in [3.63, 3.8) is 0 Å². The van der Waals surface area contributed by atoms with Gasteiger partial charge in [-0.2, -0.15) is 0 Å². The monoisotopic (exact) mass is 486 g/mol. The van der Waals surface area contributed by atoms with Crippen LogP contribution in [0.1, 0.15) is 56.0 Å². The summed E-state index contributed by atoms with van der Waals surface area (Å²) in [5, 5.41) is 22.1. The molecule has 2 aromatic carbocycles. The molecule has 0 spiro atoms. The standard InChI is InChI=1S/C29H30N2O5/c1-6-36-23-12-10-18(15-20(23)29(3,4)5)26(33)24-25(19-8-7-13-30-16-19)31(28(35)27(24)34)21-14-17(2)9-11-22(21)32/h7-16,25,32-33H,6H2,1-5H3/b26-24-. The van der Waals surface area contributed by atoms with Crippen molar-refractivity contribution in [1.82, 2.24) is 4.98 Å². The number of aliphatic hydroxyl groups excluding tert-OH is 1. The maximum atomic E-state index is 13.4. The van der Waals surface area contributed by atoms with E-state index in [0.717, 1.165) is 11.1 Å². The minimum atomic E-state index is -0.976. The number of aromatic hydroxyl groups is 1. The molecule has 1 aliphatic heterocycles. The summed E-state index contributed by atoms with van der Waals surface area (Å²) >= 11 is 0. The summed E-state index contributed by atoms with van der Waals surface area (Å²) in [6.45, 7) is 10.3. The second kappa shape index (κ2) is 9.49. The Bertz CT molecular complexity index is 1360. The van der Waals surface area contributed by atoms with E-state index in [2.05, 4.69) is 4.98 Å². The number of hydrogen-bond donors (Lipinski definition) is 2. The Labute approximate surface area is 210 Å². The van der Waals surface area contributed by atoms with Gasteiger partial charge in [-0.15, -0.1) is 0 Å². The Morgan fingerprint density at radius 3 is 2.50 bits per heavy atom. The molecule has 4 rings (SSSR count). The van der Waals surface area contributed by atoms with Crippen molar-refractivity contribution in [2.24, 2.45) is 0 Å². The molecule has 3 aromatic rings. The smallest absolute Gasteiger partial charge is 0.300 e. The lowest BCUT2D eigenvalue weighted by molar-refractivity contribution is -0.132. The highest BCUT2D eigenvalue weighted by molar-refractivity contribution is 6.51. The number of anilines is 1. The maximum absolute atomic E-state index is 13.4. The van der Waals surface area contributed by atoms with E-state index in [1.54, 1.807) is 54.9 Å². The van der Waals surface area contributed by atoms with Crippen LogP contribution in [0.5, 0.6) is 11.5 Å². The van der Waals surface area contributed by atoms with Gasteiger partial charge in [-0.25, -0.2) is 0 Å². The first-order chi connectivity index (χ1) is 17.0. The average Bonchev–Trinajstić information content (AvgIpc) is 3.11. The van der Waals surface area contributed by atoms with Gasteiger partial charge in [-0.3, -0.25) is 19.5 Å². The first-order valence-corrected chi connectivity index (χ1v) is 11.8. The number of pyridine rings is 1.